The summed E-state index contributed by atoms with van der Waals surface area (Å²) in [5, 5.41) is 8.24. The van der Waals surface area contributed by atoms with Crippen LogP contribution in [0.25, 0.3) is 0 Å². The maximum atomic E-state index is 12.8. The Labute approximate surface area is 165 Å². The zero-order valence-electron chi connectivity index (χ0n) is 16.9. The first-order chi connectivity index (χ1) is 13.4. The molecular weight excluding hydrogens is 354 g/mol. The summed E-state index contributed by atoms with van der Waals surface area (Å²) in [5.74, 6) is 3.04. The topological polar surface area (TPSA) is 78.4 Å². The van der Waals surface area contributed by atoms with Gasteiger partial charge in [0, 0.05) is 63.9 Å². The molecule has 2 aromatic heterocycles. The van der Waals surface area contributed by atoms with Gasteiger partial charge in [0.25, 0.3) is 5.91 Å². The lowest BCUT2D eigenvalue weighted by molar-refractivity contribution is 0.0775. The van der Waals surface area contributed by atoms with Gasteiger partial charge in [-0.15, -0.1) is 10.2 Å². The number of likely N-dealkylation sites (tertiary alicyclic amines) is 1. The number of carbonyl (C=O) groups is 1. The molecular formula is C20H27N7O. The highest BCUT2D eigenvalue weighted by molar-refractivity contribution is 5.92. The molecule has 2 unspecified atom stereocenters. The van der Waals surface area contributed by atoms with Crippen LogP contribution in [0.3, 0.4) is 0 Å². The van der Waals surface area contributed by atoms with E-state index in [-0.39, 0.29) is 5.91 Å². The third-order valence-corrected chi connectivity index (χ3v) is 5.69. The van der Waals surface area contributed by atoms with E-state index in [4.69, 9.17) is 0 Å². The third-order valence-electron chi connectivity index (χ3n) is 5.69. The molecule has 0 saturated carbocycles. The molecule has 0 aliphatic carbocycles. The molecule has 28 heavy (non-hydrogen) atoms. The van der Waals surface area contributed by atoms with Crippen molar-refractivity contribution in [2.75, 3.05) is 50.1 Å². The highest BCUT2D eigenvalue weighted by Gasteiger charge is 2.42. The van der Waals surface area contributed by atoms with E-state index in [2.05, 4.69) is 45.0 Å². The monoisotopic (exact) mass is 381 g/mol. The first-order valence-corrected chi connectivity index (χ1v) is 9.79. The van der Waals surface area contributed by atoms with Crippen molar-refractivity contribution < 1.29 is 4.79 Å². The van der Waals surface area contributed by atoms with Gasteiger partial charge in [0.05, 0.1) is 0 Å². The molecule has 4 heterocycles. The number of nitrogens with zero attached hydrogens (tertiary/aromatic N) is 7. The average molecular weight is 381 g/mol. The quantitative estimate of drug-likeness (QED) is 0.797. The van der Waals surface area contributed by atoms with Crippen LogP contribution in [0.15, 0.2) is 24.5 Å². The molecule has 2 aliphatic heterocycles. The number of hydrogen-bond donors (Lipinski definition) is 0. The Bertz CT molecular complexity index is 838. The van der Waals surface area contributed by atoms with Crippen LogP contribution >= 0.6 is 0 Å². The average Bonchev–Trinajstić information content (AvgIpc) is 3.27. The number of hydrogen-bond acceptors (Lipinski definition) is 7. The molecule has 8 nitrogen and oxygen atoms in total. The molecule has 2 fully saturated rings. The Morgan fingerprint density at radius 3 is 2.36 bits per heavy atom. The Hall–Kier alpha value is -2.77. The summed E-state index contributed by atoms with van der Waals surface area (Å²) in [4.78, 5) is 27.8. The Balaban J connectivity index is 1.40. The second-order valence-corrected chi connectivity index (χ2v) is 8.26. The van der Waals surface area contributed by atoms with Crippen LogP contribution in [-0.4, -0.2) is 71.2 Å². The lowest BCUT2D eigenvalue weighted by Gasteiger charge is -2.22. The summed E-state index contributed by atoms with van der Waals surface area (Å²) in [5.41, 5.74) is 1.48. The van der Waals surface area contributed by atoms with E-state index >= 15 is 0 Å². The van der Waals surface area contributed by atoms with Crippen LogP contribution < -0.4 is 9.80 Å². The second kappa shape index (κ2) is 7.33. The van der Waals surface area contributed by atoms with E-state index in [0.29, 0.717) is 23.4 Å². The summed E-state index contributed by atoms with van der Waals surface area (Å²) in [6.45, 7) is 7.66. The molecule has 2 aliphatic rings. The minimum atomic E-state index is -0.0251. The van der Waals surface area contributed by atoms with Crippen LogP contribution in [0.2, 0.25) is 0 Å². The predicted octanol–water partition coefficient (Wildman–Crippen LogP) is 1.66. The van der Waals surface area contributed by atoms with Crippen LogP contribution in [0, 0.1) is 11.8 Å². The molecule has 2 saturated heterocycles. The minimum Gasteiger partial charge on any atom is -0.361 e. The fraction of sp³-hybridized carbons (Fsp3) is 0.550. The van der Waals surface area contributed by atoms with Crippen molar-refractivity contribution in [3.05, 3.63) is 35.9 Å². The van der Waals surface area contributed by atoms with Gasteiger partial charge in [0.2, 0.25) is 0 Å². The zero-order chi connectivity index (χ0) is 19.8. The van der Waals surface area contributed by atoms with E-state index in [1.165, 1.54) is 0 Å². The summed E-state index contributed by atoms with van der Waals surface area (Å²) >= 11 is 0. The van der Waals surface area contributed by atoms with Crippen molar-refractivity contribution in [3.63, 3.8) is 0 Å². The molecule has 0 aromatic carbocycles. The molecule has 0 spiro atoms. The van der Waals surface area contributed by atoms with Crippen LogP contribution in [0.4, 0.5) is 11.6 Å². The van der Waals surface area contributed by atoms with Gasteiger partial charge < -0.3 is 14.7 Å². The molecule has 2 atom stereocenters. The van der Waals surface area contributed by atoms with E-state index in [0.717, 1.165) is 43.5 Å². The number of fused-ring (bicyclic) bond motifs is 1. The van der Waals surface area contributed by atoms with Crippen molar-refractivity contribution in [3.8, 4) is 0 Å². The molecule has 2 aromatic rings. The Kier molecular flexibility index (Phi) is 4.87. The highest BCUT2D eigenvalue weighted by Crippen LogP contribution is 2.34. The van der Waals surface area contributed by atoms with Crippen molar-refractivity contribution in [1.29, 1.82) is 0 Å². The first-order valence-electron chi connectivity index (χ1n) is 9.79. The van der Waals surface area contributed by atoms with Gasteiger partial charge in [-0.25, -0.2) is 9.97 Å². The standard InChI is InChI=1S/C20H27N7O/c1-13(2)17-7-19(22-12-21-17)26-8-14-10-27(11-15(14)9-26)20(28)16-5-6-18(24-23-16)25(3)4/h5-7,12-15H,8-11H2,1-4H3. The third kappa shape index (κ3) is 3.50. The number of aromatic nitrogens is 4. The number of carbonyl (C=O) groups excluding carboxylic acids is 1. The molecule has 1 amide bonds. The van der Waals surface area contributed by atoms with Crippen LogP contribution in [-0.2, 0) is 0 Å². The number of anilines is 2. The fourth-order valence-electron chi connectivity index (χ4n) is 4.04. The molecule has 8 heteroatoms. The maximum absolute atomic E-state index is 12.8. The summed E-state index contributed by atoms with van der Waals surface area (Å²) in [6.07, 6.45) is 1.66. The Morgan fingerprint density at radius 1 is 1.07 bits per heavy atom. The minimum absolute atomic E-state index is 0.0251. The number of rotatable bonds is 4. The summed E-state index contributed by atoms with van der Waals surface area (Å²) in [7, 11) is 3.81. The van der Waals surface area contributed by atoms with E-state index < -0.39 is 0 Å². The largest absolute Gasteiger partial charge is 0.361 e. The molecule has 0 radical (unpaired) electrons. The normalized spacial score (nSPS) is 21.3. The SMILES string of the molecule is CC(C)c1cc(N2CC3CN(C(=O)c4ccc(N(C)C)nn4)CC3C2)ncn1. The summed E-state index contributed by atoms with van der Waals surface area (Å²) in [6, 6.07) is 5.69. The van der Waals surface area contributed by atoms with E-state index in [1.54, 1.807) is 12.4 Å². The number of amides is 1. The van der Waals surface area contributed by atoms with Crippen molar-refractivity contribution in [2.45, 2.75) is 19.8 Å². The second-order valence-electron chi connectivity index (χ2n) is 8.26. The lowest BCUT2D eigenvalue weighted by Crippen LogP contribution is -2.34. The van der Waals surface area contributed by atoms with E-state index in [9.17, 15) is 4.79 Å². The van der Waals surface area contributed by atoms with Crippen LogP contribution in [0.5, 0.6) is 0 Å². The first kappa shape index (κ1) is 18.6. The van der Waals surface area contributed by atoms with Gasteiger partial charge in [-0.1, -0.05) is 13.8 Å². The zero-order valence-corrected chi connectivity index (χ0v) is 16.9. The van der Waals surface area contributed by atoms with E-state index in [1.807, 2.05) is 30.0 Å². The Morgan fingerprint density at radius 2 is 1.79 bits per heavy atom. The van der Waals surface area contributed by atoms with Gasteiger partial charge in [-0.05, 0) is 18.1 Å². The van der Waals surface area contributed by atoms with Gasteiger partial charge in [0.15, 0.2) is 11.5 Å². The highest BCUT2D eigenvalue weighted by atomic mass is 16.2. The molecule has 0 N–H and O–H groups in total. The predicted molar refractivity (Wildman–Crippen MR) is 108 cm³/mol. The van der Waals surface area contributed by atoms with Crippen molar-refractivity contribution in [2.24, 2.45) is 11.8 Å². The van der Waals surface area contributed by atoms with Gasteiger partial charge in [0.1, 0.15) is 12.1 Å². The fourth-order valence-corrected chi connectivity index (χ4v) is 4.04. The van der Waals surface area contributed by atoms with Crippen molar-refractivity contribution >= 4 is 17.5 Å². The molecule has 148 valence electrons. The van der Waals surface area contributed by atoms with Crippen LogP contribution in [0.1, 0.15) is 35.9 Å². The maximum Gasteiger partial charge on any atom is 0.274 e. The smallest absolute Gasteiger partial charge is 0.274 e. The van der Waals surface area contributed by atoms with Gasteiger partial charge >= 0.3 is 0 Å². The van der Waals surface area contributed by atoms with Crippen molar-refractivity contribution in [1.82, 2.24) is 25.1 Å². The summed E-state index contributed by atoms with van der Waals surface area (Å²) < 4.78 is 0. The molecule has 4 rings (SSSR count). The van der Waals surface area contributed by atoms with Gasteiger partial charge in [-0.2, -0.15) is 0 Å². The lowest BCUT2D eigenvalue weighted by atomic mass is 10.0. The van der Waals surface area contributed by atoms with Gasteiger partial charge in [-0.3, -0.25) is 4.79 Å². The molecule has 0 bridgehead atoms.